The Hall–Kier alpha value is -7.98. The van der Waals surface area contributed by atoms with Crippen LogP contribution in [-0.4, -0.2) is 17.2 Å². The van der Waals surface area contributed by atoms with Gasteiger partial charge in [0.2, 0.25) is 0 Å². The van der Waals surface area contributed by atoms with Crippen LogP contribution in [0, 0.1) is 0 Å². The molecule has 0 N–H and O–H groups in total. The van der Waals surface area contributed by atoms with Crippen molar-refractivity contribution in [1.29, 1.82) is 0 Å². The molecule has 0 spiro atoms. The van der Waals surface area contributed by atoms with Gasteiger partial charge in [-0.05, 0) is 91.5 Å². The van der Waals surface area contributed by atoms with E-state index in [2.05, 4.69) is 264 Å². The van der Waals surface area contributed by atoms with Crippen LogP contribution < -0.4 is 20.7 Å². The molecule has 2 nitrogen and oxygen atoms in total. The second-order valence-corrected chi connectivity index (χ2v) is 20.3. The van der Waals surface area contributed by atoms with E-state index in [0.717, 1.165) is 11.4 Å². The van der Waals surface area contributed by atoms with Gasteiger partial charge in [0.1, 0.15) is 0 Å². The molecule has 0 atom stereocenters. The first kappa shape index (κ1) is 36.8. The molecular weight excluding hydrogens is 777 g/mol. The van der Waals surface area contributed by atoms with E-state index >= 15 is 0 Å². The van der Waals surface area contributed by atoms with Gasteiger partial charge in [0.15, 0.2) is 8.07 Å². The first-order valence-electron chi connectivity index (χ1n) is 21.8. The molecule has 10 aromatic carbocycles. The van der Waals surface area contributed by atoms with E-state index in [4.69, 9.17) is 0 Å². The van der Waals surface area contributed by atoms with E-state index in [1.54, 1.807) is 0 Å². The standard InChI is InChI=1S/C60H42N2Si/c1-6-18-43(19-7-1)45-30-33-47(34-31-45)61-57-29-17-16-28-53(57)54-37-35-48(41-59(54)61)62-58-39-32-46(44-20-8-2-9-21-44)40-56(58)55-38-36-52(42-60(55)62)63(49-22-10-3-11-23-49,50-24-12-4-13-25-50)51-26-14-5-15-27-51/h1-42H. The van der Waals surface area contributed by atoms with Gasteiger partial charge in [0.25, 0.3) is 0 Å². The molecule has 2 heterocycles. The third-order valence-electron chi connectivity index (χ3n) is 13.1. The summed E-state index contributed by atoms with van der Waals surface area (Å²) in [5.74, 6) is 0. The third-order valence-corrected chi connectivity index (χ3v) is 17.9. The molecule has 12 aromatic rings. The summed E-state index contributed by atoms with van der Waals surface area (Å²) in [6.45, 7) is 0. The zero-order valence-corrected chi connectivity index (χ0v) is 35.6. The maximum atomic E-state index is 2.53. The first-order chi connectivity index (χ1) is 31.3. The van der Waals surface area contributed by atoms with Crippen LogP contribution in [0.3, 0.4) is 0 Å². The lowest BCUT2D eigenvalue weighted by atomic mass is 10.0. The highest BCUT2D eigenvalue weighted by Crippen LogP contribution is 2.38. The zero-order valence-electron chi connectivity index (χ0n) is 34.6. The second-order valence-electron chi connectivity index (χ2n) is 16.5. The van der Waals surface area contributed by atoms with Crippen LogP contribution in [-0.2, 0) is 0 Å². The van der Waals surface area contributed by atoms with E-state index < -0.39 is 8.07 Å². The molecule has 0 radical (unpaired) electrons. The fourth-order valence-electron chi connectivity index (χ4n) is 10.2. The second kappa shape index (κ2) is 15.2. The number of hydrogen-bond donors (Lipinski definition) is 0. The molecule has 12 rings (SSSR count). The molecule has 0 fully saturated rings. The normalized spacial score (nSPS) is 11.8. The van der Waals surface area contributed by atoms with Gasteiger partial charge >= 0.3 is 0 Å². The smallest absolute Gasteiger partial charge is 0.179 e. The Morgan fingerprint density at radius 1 is 0.222 bits per heavy atom. The number of para-hydroxylation sites is 1. The summed E-state index contributed by atoms with van der Waals surface area (Å²) >= 11 is 0. The number of nitrogens with zero attached hydrogens (tertiary/aromatic N) is 2. The summed E-state index contributed by atoms with van der Waals surface area (Å²) in [6.07, 6.45) is 0. The Kier molecular flexibility index (Phi) is 8.87. The largest absolute Gasteiger partial charge is 0.309 e. The van der Waals surface area contributed by atoms with Crippen LogP contribution in [0.5, 0.6) is 0 Å². The molecule has 63 heavy (non-hydrogen) atoms. The molecule has 0 saturated carbocycles. The monoisotopic (exact) mass is 818 g/mol. The molecule has 0 aliphatic rings. The minimum atomic E-state index is -2.82. The van der Waals surface area contributed by atoms with Crippen LogP contribution in [0.15, 0.2) is 255 Å². The third kappa shape index (κ3) is 6.00. The maximum absolute atomic E-state index is 2.82. The quantitative estimate of drug-likeness (QED) is 0.107. The molecule has 3 heteroatoms. The Morgan fingerprint density at radius 2 is 0.635 bits per heavy atom. The van der Waals surface area contributed by atoms with Gasteiger partial charge in [-0.25, -0.2) is 0 Å². The van der Waals surface area contributed by atoms with Crippen molar-refractivity contribution in [2.75, 3.05) is 0 Å². The molecule has 0 aliphatic heterocycles. The summed E-state index contributed by atoms with van der Waals surface area (Å²) in [6, 6.07) is 94.3. The Bertz CT molecular complexity index is 3480. The lowest BCUT2D eigenvalue weighted by Crippen LogP contribution is -2.74. The van der Waals surface area contributed by atoms with Crippen molar-refractivity contribution >= 4 is 72.4 Å². The average Bonchev–Trinajstić information content (AvgIpc) is 3.87. The Morgan fingerprint density at radius 3 is 1.25 bits per heavy atom. The fourth-order valence-corrected chi connectivity index (χ4v) is 15.0. The lowest BCUT2D eigenvalue weighted by molar-refractivity contribution is 1.15. The van der Waals surface area contributed by atoms with Gasteiger partial charge in [-0.1, -0.05) is 206 Å². The van der Waals surface area contributed by atoms with Gasteiger partial charge in [-0.2, -0.15) is 0 Å². The van der Waals surface area contributed by atoms with Gasteiger partial charge in [-0.15, -0.1) is 0 Å². The number of fused-ring (bicyclic) bond motifs is 6. The van der Waals surface area contributed by atoms with E-state index in [0.29, 0.717) is 0 Å². The topological polar surface area (TPSA) is 9.86 Å². The van der Waals surface area contributed by atoms with Crippen molar-refractivity contribution in [3.05, 3.63) is 255 Å². The molecule has 2 aromatic heterocycles. The van der Waals surface area contributed by atoms with Crippen LogP contribution in [0.1, 0.15) is 0 Å². The van der Waals surface area contributed by atoms with Crippen LogP contribution in [0.25, 0.3) is 77.2 Å². The van der Waals surface area contributed by atoms with E-state index in [1.165, 1.54) is 86.6 Å². The average molecular weight is 819 g/mol. The van der Waals surface area contributed by atoms with Crippen LogP contribution in [0.2, 0.25) is 0 Å². The molecule has 0 saturated heterocycles. The minimum absolute atomic E-state index is 1.13. The zero-order chi connectivity index (χ0) is 41.7. The van der Waals surface area contributed by atoms with Gasteiger partial charge in [-0.3, -0.25) is 0 Å². The number of hydrogen-bond acceptors (Lipinski definition) is 0. The molecule has 296 valence electrons. The maximum Gasteiger partial charge on any atom is 0.179 e. The molecule has 0 bridgehead atoms. The van der Waals surface area contributed by atoms with Crippen molar-refractivity contribution in [2.45, 2.75) is 0 Å². The van der Waals surface area contributed by atoms with Gasteiger partial charge in [0, 0.05) is 32.9 Å². The minimum Gasteiger partial charge on any atom is -0.309 e. The van der Waals surface area contributed by atoms with Crippen molar-refractivity contribution in [3.63, 3.8) is 0 Å². The summed E-state index contributed by atoms with van der Waals surface area (Å²) in [4.78, 5) is 0. The molecule has 0 amide bonds. The SMILES string of the molecule is c1ccc(-c2ccc(-n3c4ccccc4c4ccc(-n5c6ccc(-c7ccccc7)cc6c6ccc([Si](c7ccccc7)(c7ccccc7)c7ccccc7)cc65)cc43)cc2)cc1. The van der Waals surface area contributed by atoms with E-state index in [1.807, 2.05) is 0 Å². The Labute approximate surface area is 368 Å². The molecule has 0 aliphatic carbocycles. The predicted octanol–water partition coefficient (Wildman–Crippen LogP) is 12.6. The molecule has 0 unspecified atom stereocenters. The van der Waals surface area contributed by atoms with Crippen molar-refractivity contribution in [3.8, 4) is 33.6 Å². The van der Waals surface area contributed by atoms with Gasteiger partial charge < -0.3 is 9.13 Å². The number of aromatic nitrogens is 2. The first-order valence-corrected chi connectivity index (χ1v) is 23.8. The summed E-state index contributed by atoms with van der Waals surface area (Å²) in [7, 11) is -2.82. The highest BCUT2D eigenvalue weighted by Gasteiger charge is 2.41. The highest BCUT2D eigenvalue weighted by atomic mass is 28.3. The van der Waals surface area contributed by atoms with E-state index in [-0.39, 0.29) is 0 Å². The Balaban J connectivity index is 1.14. The van der Waals surface area contributed by atoms with Crippen molar-refractivity contribution in [1.82, 2.24) is 9.13 Å². The summed E-state index contributed by atoms with van der Waals surface area (Å²) in [5, 5.41) is 10.4. The summed E-state index contributed by atoms with van der Waals surface area (Å²) in [5.41, 5.74) is 11.9. The fraction of sp³-hybridized carbons (Fsp3) is 0. The molecular formula is C60H42N2Si. The van der Waals surface area contributed by atoms with Crippen molar-refractivity contribution < 1.29 is 0 Å². The van der Waals surface area contributed by atoms with Crippen LogP contribution in [0.4, 0.5) is 0 Å². The predicted molar refractivity (Wildman–Crippen MR) is 270 cm³/mol. The summed E-state index contributed by atoms with van der Waals surface area (Å²) < 4.78 is 4.96. The van der Waals surface area contributed by atoms with Crippen molar-refractivity contribution in [2.24, 2.45) is 0 Å². The lowest BCUT2D eigenvalue weighted by Gasteiger charge is -2.34. The number of rotatable bonds is 8. The number of benzene rings is 10. The highest BCUT2D eigenvalue weighted by molar-refractivity contribution is 7.20. The van der Waals surface area contributed by atoms with Crippen LogP contribution >= 0.6 is 0 Å². The van der Waals surface area contributed by atoms with Gasteiger partial charge in [0.05, 0.1) is 22.1 Å². The van der Waals surface area contributed by atoms with E-state index in [9.17, 15) is 0 Å².